The molecule has 1 aromatic carbocycles. The number of hydrogen-bond acceptors (Lipinski definition) is 2. The van der Waals surface area contributed by atoms with Gasteiger partial charge in [-0.1, -0.05) is 24.8 Å². The van der Waals surface area contributed by atoms with Crippen molar-refractivity contribution in [2.75, 3.05) is 24.5 Å². The summed E-state index contributed by atoms with van der Waals surface area (Å²) >= 11 is 0. The number of amides is 2. The number of fused-ring (bicyclic) bond motifs is 1. The van der Waals surface area contributed by atoms with Gasteiger partial charge in [-0.3, -0.25) is 9.59 Å². The molecule has 4 nitrogen and oxygen atoms in total. The molecular formula is C17H20N2O2. The number of carbonyl (C=O) groups excluding carboxylic acids is 2. The molecule has 2 aliphatic heterocycles. The van der Waals surface area contributed by atoms with Gasteiger partial charge in [-0.2, -0.15) is 0 Å². The average Bonchev–Trinajstić information content (AvgIpc) is 2.97. The van der Waals surface area contributed by atoms with Crippen molar-refractivity contribution in [3.05, 3.63) is 42.5 Å². The average molecular weight is 284 g/mol. The first-order valence-electron chi connectivity index (χ1n) is 7.51. The number of carbonyl (C=O) groups is 2. The highest BCUT2D eigenvalue weighted by atomic mass is 16.2. The molecule has 2 amide bonds. The van der Waals surface area contributed by atoms with Crippen molar-refractivity contribution < 1.29 is 9.59 Å². The number of anilines is 1. The zero-order valence-corrected chi connectivity index (χ0v) is 12.1. The van der Waals surface area contributed by atoms with Crippen LogP contribution in [-0.4, -0.2) is 36.3 Å². The van der Waals surface area contributed by atoms with E-state index in [0.29, 0.717) is 13.1 Å². The van der Waals surface area contributed by atoms with Crippen molar-refractivity contribution in [1.29, 1.82) is 0 Å². The van der Waals surface area contributed by atoms with Gasteiger partial charge in [-0.15, -0.1) is 0 Å². The second kappa shape index (κ2) is 5.72. The van der Waals surface area contributed by atoms with E-state index in [1.54, 1.807) is 4.90 Å². The highest BCUT2D eigenvalue weighted by Crippen LogP contribution is 2.30. The lowest BCUT2D eigenvalue weighted by Crippen LogP contribution is -2.43. The fraction of sp³-hybridized carbons (Fsp3) is 0.412. The van der Waals surface area contributed by atoms with Gasteiger partial charge in [0.25, 0.3) is 0 Å². The van der Waals surface area contributed by atoms with Crippen molar-refractivity contribution in [3.63, 3.8) is 0 Å². The van der Waals surface area contributed by atoms with E-state index >= 15 is 0 Å². The van der Waals surface area contributed by atoms with E-state index in [1.807, 2.05) is 23.1 Å². The molecule has 0 bridgehead atoms. The van der Waals surface area contributed by atoms with Crippen molar-refractivity contribution in [2.24, 2.45) is 5.92 Å². The summed E-state index contributed by atoms with van der Waals surface area (Å²) in [6, 6.07) is 8.12. The molecule has 0 aromatic heterocycles. The third-order valence-electron chi connectivity index (χ3n) is 4.48. The third kappa shape index (κ3) is 2.58. The second-order valence-electron chi connectivity index (χ2n) is 5.67. The largest absolute Gasteiger partial charge is 0.339 e. The summed E-state index contributed by atoms with van der Waals surface area (Å²) in [5, 5.41) is 0. The van der Waals surface area contributed by atoms with Crippen LogP contribution >= 0.6 is 0 Å². The molecule has 0 atom stereocenters. The van der Waals surface area contributed by atoms with Crippen LogP contribution in [0.1, 0.15) is 18.4 Å². The first kappa shape index (κ1) is 13.9. The van der Waals surface area contributed by atoms with Crippen LogP contribution in [0, 0.1) is 5.92 Å². The SMILES string of the molecule is C=CC(=O)N1CCC(C(=O)N2CCc3ccccc32)CC1. The number of piperidine rings is 1. The van der Waals surface area contributed by atoms with E-state index in [1.165, 1.54) is 11.6 Å². The third-order valence-corrected chi connectivity index (χ3v) is 4.48. The van der Waals surface area contributed by atoms with Gasteiger partial charge < -0.3 is 9.80 Å². The van der Waals surface area contributed by atoms with Crippen LogP contribution in [0.4, 0.5) is 5.69 Å². The molecule has 0 aliphatic carbocycles. The number of benzene rings is 1. The first-order valence-corrected chi connectivity index (χ1v) is 7.51. The molecule has 3 rings (SSSR count). The zero-order chi connectivity index (χ0) is 14.8. The van der Waals surface area contributed by atoms with Gasteiger partial charge in [0.2, 0.25) is 11.8 Å². The molecule has 21 heavy (non-hydrogen) atoms. The van der Waals surface area contributed by atoms with Crippen LogP contribution in [0.15, 0.2) is 36.9 Å². The lowest BCUT2D eigenvalue weighted by Gasteiger charge is -2.32. The lowest BCUT2D eigenvalue weighted by molar-refractivity contribution is -0.130. The minimum absolute atomic E-state index is 0.0324. The van der Waals surface area contributed by atoms with Gasteiger partial charge in [-0.25, -0.2) is 0 Å². The van der Waals surface area contributed by atoms with Crippen molar-refractivity contribution in [2.45, 2.75) is 19.3 Å². The van der Waals surface area contributed by atoms with Crippen molar-refractivity contribution >= 4 is 17.5 Å². The van der Waals surface area contributed by atoms with Crippen LogP contribution < -0.4 is 4.90 Å². The number of hydrogen-bond donors (Lipinski definition) is 0. The molecule has 2 heterocycles. The summed E-state index contributed by atoms with van der Waals surface area (Å²) in [4.78, 5) is 28.0. The molecule has 1 saturated heterocycles. The van der Waals surface area contributed by atoms with Crippen molar-refractivity contribution in [3.8, 4) is 0 Å². The van der Waals surface area contributed by atoms with E-state index in [-0.39, 0.29) is 17.7 Å². The Hall–Kier alpha value is -2.10. The Morgan fingerprint density at radius 1 is 1.14 bits per heavy atom. The molecule has 0 unspecified atom stereocenters. The van der Waals surface area contributed by atoms with Crippen LogP contribution in [0.3, 0.4) is 0 Å². The Bertz CT molecular complexity index is 574. The fourth-order valence-electron chi connectivity index (χ4n) is 3.26. The van der Waals surface area contributed by atoms with Gasteiger partial charge in [0.1, 0.15) is 0 Å². The molecule has 4 heteroatoms. The highest BCUT2D eigenvalue weighted by molar-refractivity contribution is 5.97. The number of para-hydroxylation sites is 1. The second-order valence-corrected chi connectivity index (χ2v) is 5.67. The van der Waals surface area contributed by atoms with Gasteiger partial charge >= 0.3 is 0 Å². The smallest absolute Gasteiger partial charge is 0.245 e. The predicted octanol–water partition coefficient (Wildman–Crippen LogP) is 2.00. The van der Waals surface area contributed by atoms with E-state index in [9.17, 15) is 9.59 Å². The van der Waals surface area contributed by atoms with Crippen LogP contribution in [0.5, 0.6) is 0 Å². The molecule has 0 spiro atoms. The number of likely N-dealkylation sites (tertiary alicyclic amines) is 1. The summed E-state index contributed by atoms with van der Waals surface area (Å²) in [6.07, 6.45) is 3.78. The molecule has 110 valence electrons. The van der Waals surface area contributed by atoms with E-state index in [0.717, 1.165) is 31.5 Å². The van der Waals surface area contributed by atoms with Gasteiger partial charge in [0, 0.05) is 31.2 Å². The fourth-order valence-corrected chi connectivity index (χ4v) is 3.26. The molecule has 2 aliphatic rings. The summed E-state index contributed by atoms with van der Waals surface area (Å²) < 4.78 is 0. The number of rotatable bonds is 2. The Balaban J connectivity index is 1.66. The topological polar surface area (TPSA) is 40.6 Å². The summed E-state index contributed by atoms with van der Waals surface area (Å²) in [5.74, 6) is 0.211. The van der Waals surface area contributed by atoms with Crippen LogP contribution in [0.25, 0.3) is 0 Å². The monoisotopic (exact) mass is 284 g/mol. The maximum Gasteiger partial charge on any atom is 0.245 e. The Labute approximate surface area is 125 Å². The standard InChI is InChI=1S/C17H20N2O2/c1-2-16(20)18-10-7-14(8-11-18)17(21)19-12-9-13-5-3-4-6-15(13)19/h2-6,14H,1,7-12H2. The Morgan fingerprint density at radius 2 is 1.86 bits per heavy atom. The molecule has 1 aromatic rings. The molecule has 1 fully saturated rings. The molecule has 0 radical (unpaired) electrons. The minimum atomic E-state index is -0.0348. The quantitative estimate of drug-likeness (QED) is 0.779. The van der Waals surface area contributed by atoms with E-state index in [4.69, 9.17) is 0 Å². The maximum atomic E-state index is 12.7. The first-order chi connectivity index (χ1) is 10.2. The van der Waals surface area contributed by atoms with Crippen LogP contribution in [0.2, 0.25) is 0 Å². The van der Waals surface area contributed by atoms with E-state index in [2.05, 4.69) is 12.6 Å². The van der Waals surface area contributed by atoms with Crippen LogP contribution in [-0.2, 0) is 16.0 Å². The normalized spacial score (nSPS) is 18.5. The highest BCUT2D eigenvalue weighted by Gasteiger charge is 2.32. The number of nitrogens with zero attached hydrogens (tertiary/aromatic N) is 2. The molecule has 0 N–H and O–H groups in total. The zero-order valence-electron chi connectivity index (χ0n) is 12.1. The minimum Gasteiger partial charge on any atom is -0.339 e. The van der Waals surface area contributed by atoms with Gasteiger partial charge in [0.15, 0.2) is 0 Å². The summed E-state index contributed by atoms with van der Waals surface area (Å²) in [7, 11) is 0. The molecular weight excluding hydrogens is 264 g/mol. The molecule has 0 saturated carbocycles. The maximum absolute atomic E-state index is 12.7. The Kier molecular flexibility index (Phi) is 3.78. The Morgan fingerprint density at radius 3 is 2.57 bits per heavy atom. The van der Waals surface area contributed by atoms with Gasteiger partial charge in [-0.05, 0) is 37.0 Å². The summed E-state index contributed by atoms with van der Waals surface area (Å²) in [6.45, 7) is 5.59. The lowest BCUT2D eigenvalue weighted by atomic mass is 9.95. The van der Waals surface area contributed by atoms with E-state index < -0.39 is 0 Å². The van der Waals surface area contributed by atoms with Gasteiger partial charge in [0.05, 0.1) is 0 Å². The summed E-state index contributed by atoms with van der Waals surface area (Å²) in [5.41, 5.74) is 2.32. The predicted molar refractivity (Wildman–Crippen MR) is 82.0 cm³/mol. The van der Waals surface area contributed by atoms with Crippen molar-refractivity contribution in [1.82, 2.24) is 4.90 Å².